The van der Waals surface area contributed by atoms with Crippen molar-refractivity contribution >= 4 is 11.0 Å². The zero-order valence-electron chi connectivity index (χ0n) is 8.95. The van der Waals surface area contributed by atoms with Gasteiger partial charge in [0.05, 0.1) is 17.4 Å². The Kier molecular flexibility index (Phi) is 2.22. The summed E-state index contributed by atoms with van der Waals surface area (Å²) in [5.41, 5.74) is 2.27. The predicted molar refractivity (Wildman–Crippen MR) is 64.2 cm³/mol. The number of benzene rings is 1. The normalized spacial score (nSPS) is 11.0. The molecule has 0 aliphatic carbocycles. The van der Waals surface area contributed by atoms with E-state index in [4.69, 9.17) is 0 Å². The minimum absolute atomic E-state index is 0.954. The zero-order valence-corrected chi connectivity index (χ0v) is 8.95. The summed E-state index contributed by atoms with van der Waals surface area (Å²) in [6, 6.07) is 12.3. The quantitative estimate of drug-likeness (QED) is 0.652. The largest absolute Gasteiger partial charge is 0.352 e. The van der Waals surface area contributed by atoms with E-state index in [9.17, 15) is 0 Å². The summed E-state index contributed by atoms with van der Waals surface area (Å²) in [6.45, 7) is 1.93. The third-order valence-corrected chi connectivity index (χ3v) is 2.79. The molecule has 3 rings (SSSR count). The molecule has 0 spiro atoms. The van der Waals surface area contributed by atoms with Crippen LogP contribution in [-0.4, -0.2) is 14.1 Å². The van der Waals surface area contributed by atoms with Gasteiger partial charge in [0.25, 0.3) is 0 Å². The predicted octanol–water partition coefficient (Wildman–Crippen LogP) is 2.54. The van der Waals surface area contributed by atoms with E-state index in [1.165, 1.54) is 5.52 Å². The van der Waals surface area contributed by atoms with Crippen molar-refractivity contribution in [1.82, 2.24) is 14.1 Å². The molecule has 0 saturated heterocycles. The van der Waals surface area contributed by atoms with Gasteiger partial charge in [0.2, 0.25) is 0 Å². The highest BCUT2D eigenvalue weighted by Gasteiger charge is 2.00. The summed E-state index contributed by atoms with van der Waals surface area (Å²) in [6.07, 6.45) is 6.08. The second-order valence-corrected chi connectivity index (χ2v) is 3.85. The monoisotopic (exact) mass is 211 g/mol. The average Bonchev–Trinajstić information content (AvgIpc) is 2.96. The third kappa shape index (κ3) is 1.60. The highest BCUT2D eigenvalue weighted by Crippen LogP contribution is 2.11. The number of rotatable bonds is 3. The summed E-state index contributed by atoms with van der Waals surface area (Å²) in [4.78, 5) is 4.37. The molecule has 0 aliphatic heterocycles. The first-order valence-electron chi connectivity index (χ1n) is 5.44. The van der Waals surface area contributed by atoms with Gasteiger partial charge in [-0.1, -0.05) is 12.1 Å². The minimum atomic E-state index is 0.954. The van der Waals surface area contributed by atoms with Gasteiger partial charge in [0.1, 0.15) is 0 Å². The molecule has 3 heteroatoms. The number of hydrogen-bond acceptors (Lipinski definition) is 1. The van der Waals surface area contributed by atoms with Crippen LogP contribution in [0.1, 0.15) is 0 Å². The summed E-state index contributed by atoms with van der Waals surface area (Å²) in [5, 5.41) is 0. The summed E-state index contributed by atoms with van der Waals surface area (Å²) in [7, 11) is 0. The Hall–Kier alpha value is -2.03. The molecule has 0 radical (unpaired) electrons. The number of fused-ring (bicyclic) bond motifs is 1. The van der Waals surface area contributed by atoms with Crippen molar-refractivity contribution in [2.75, 3.05) is 0 Å². The molecule has 80 valence electrons. The Balaban J connectivity index is 1.84. The van der Waals surface area contributed by atoms with Gasteiger partial charge in [0.15, 0.2) is 0 Å². The Bertz CT molecular complexity index is 578. The molecular weight excluding hydrogens is 198 g/mol. The van der Waals surface area contributed by atoms with Gasteiger partial charge in [-0.05, 0) is 24.3 Å². The molecule has 0 N–H and O–H groups in total. The highest BCUT2D eigenvalue weighted by atomic mass is 15.1. The van der Waals surface area contributed by atoms with Crippen LogP contribution in [0, 0.1) is 0 Å². The van der Waals surface area contributed by atoms with E-state index in [0.717, 1.165) is 18.6 Å². The summed E-state index contributed by atoms with van der Waals surface area (Å²) >= 11 is 0. The molecular formula is C13H13N3. The first-order chi connectivity index (χ1) is 7.93. The van der Waals surface area contributed by atoms with E-state index in [1.807, 2.05) is 30.6 Å². The standard InChI is InChI=1S/C13H13N3/c1-2-6-13-12(5-1)14-11-16(13)10-9-15-7-3-4-8-15/h1-8,11H,9-10H2. The van der Waals surface area contributed by atoms with Gasteiger partial charge in [-0.3, -0.25) is 0 Å². The lowest BCUT2D eigenvalue weighted by Gasteiger charge is -2.05. The van der Waals surface area contributed by atoms with Gasteiger partial charge < -0.3 is 9.13 Å². The molecule has 0 aliphatic rings. The van der Waals surface area contributed by atoms with Gasteiger partial charge in [0, 0.05) is 25.5 Å². The Morgan fingerprint density at radius 2 is 1.75 bits per heavy atom. The molecule has 0 amide bonds. The average molecular weight is 211 g/mol. The van der Waals surface area contributed by atoms with Crippen molar-refractivity contribution in [3.05, 3.63) is 55.1 Å². The molecule has 1 aromatic carbocycles. The smallest absolute Gasteiger partial charge is 0.0958 e. The van der Waals surface area contributed by atoms with Crippen molar-refractivity contribution in [3.8, 4) is 0 Å². The molecule has 3 aromatic rings. The lowest BCUT2D eigenvalue weighted by atomic mass is 10.3. The van der Waals surface area contributed by atoms with E-state index in [2.05, 4.69) is 38.6 Å². The van der Waals surface area contributed by atoms with Crippen molar-refractivity contribution in [2.24, 2.45) is 0 Å². The molecule has 0 fully saturated rings. The number of para-hydroxylation sites is 2. The minimum Gasteiger partial charge on any atom is -0.352 e. The van der Waals surface area contributed by atoms with Crippen LogP contribution >= 0.6 is 0 Å². The Morgan fingerprint density at radius 3 is 2.62 bits per heavy atom. The van der Waals surface area contributed by atoms with Crippen LogP contribution in [0.15, 0.2) is 55.1 Å². The number of aryl methyl sites for hydroxylation is 2. The fourth-order valence-electron chi connectivity index (χ4n) is 1.93. The van der Waals surface area contributed by atoms with E-state index in [-0.39, 0.29) is 0 Å². The fraction of sp³-hybridized carbons (Fsp3) is 0.154. The molecule has 0 unspecified atom stereocenters. The first-order valence-corrected chi connectivity index (χ1v) is 5.44. The number of nitrogens with zero attached hydrogens (tertiary/aromatic N) is 3. The second-order valence-electron chi connectivity index (χ2n) is 3.85. The SMILES string of the molecule is c1ccc2c(c1)ncn2CCn1cccc1. The topological polar surface area (TPSA) is 22.8 Å². The maximum atomic E-state index is 4.37. The summed E-state index contributed by atoms with van der Waals surface area (Å²) < 4.78 is 4.37. The molecule has 0 atom stereocenters. The molecule has 0 saturated carbocycles. The van der Waals surface area contributed by atoms with Gasteiger partial charge in [-0.2, -0.15) is 0 Å². The van der Waals surface area contributed by atoms with Gasteiger partial charge in [-0.15, -0.1) is 0 Å². The van der Waals surface area contributed by atoms with Crippen LogP contribution in [0.2, 0.25) is 0 Å². The van der Waals surface area contributed by atoms with E-state index >= 15 is 0 Å². The lowest BCUT2D eigenvalue weighted by molar-refractivity contribution is 0.591. The molecule has 2 aromatic heterocycles. The Morgan fingerprint density at radius 1 is 0.938 bits per heavy atom. The van der Waals surface area contributed by atoms with Crippen LogP contribution in [0.4, 0.5) is 0 Å². The zero-order chi connectivity index (χ0) is 10.8. The maximum absolute atomic E-state index is 4.37. The number of aromatic nitrogens is 3. The molecule has 2 heterocycles. The lowest BCUT2D eigenvalue weighted by Crippen LogP contribution is -2.04. The molecule has 0 bridgehead atoms. The van der Waals surface area contributed by atoms with Crippen LogP contribution in [0.5, 0.6) is 0 Å². The van der Waals surface area contributed by atoms with Crippen LogP contribution in [0.3, 0.4) is 0 Å². The van der Waals surface area contributed by atoms with Crippen molar-refractivity contribution < 1.29 is 0 Å². The van der Waals surface area contributed by atoms with Gasteiger partial charge >= 0.3 is 0 Å². The number of hydrogen-bond donors (Lipinski definition) is 0. The maximum Gasteiger partial charge on any atom is 0.0958 e. The van der Waals surface area contributed by atoms with Crippen molar-refractivity contribution in [3.63, 3.8) is 0 Å². The van der Waals surface area contributed by atoms with E-state index in [0.29, 0.717) is 0 Å². The van der Waals surface area contributed by atoms with Gasteiger partial charge in [-0.25, -0.2) is 4.98 Å². The van der Waals surface area contributed by atoms with E-state index in [1.54, 1.807) is 0 Å². The second kappa shape index (κ2) is 3.85. The third-order valence-electron chi connectivity index (χ3n) is 2.79. The fourth-order valence-corrected chi connectivity index (χ4v) is 1.93. The molecule has 16 heavy (non-hydrogen) atoms. The van der Waals surface area contributed by atoms with E-state index < -0.39 is 0 Å². The van der Waals surface area contributed by atoms with Crippen molar-refractivity contribution in [1.29, 1.82) is 0 Å². The summed E-state index contributed by atoms with van der Waals surface area (Å²) in [5.74, 6) is 0. The van der Waals surface area contributed by atoms with Crippen molar-refractivity contribution in [2.45, 2.75) is 13.1 Å². The molecule has 3 nitrogen and oxygen atoms in total. The Labute approximate surface area is 94.0 Å². The van der Waals surface area contributed by atoms with Crippen LogP contribution in [0.25, 0.3) is 11.0 Å². The van der Waals surface area contributed by atoms with Crippen LogP contribution in [-0.2, 0) is 13.1 Å². The number of imidazole rings is 1. The highest BCUT2D eigenvalue weighted by molar-refractivity contribution is 5.74. The van der Waals surface area contributed by atoms with Crippen LogP contribution < -0.4 is 0 Å². The first kappa shape index (κ1) is 9.21.